The fourth-order valence-corrected chi connectivity index (χ4v) is 3.12. The SMILES string of the molecule is COc1cccc(CNc2ccc(Cl)c(Cl)c2)c1OCc1cccc(Cl)c1. The van der Waals surface area contributed by atoms with Crippen molar-refractivity contribution < 1.29 is 9.47 Å². The van der Waals surface area contributed by atoms with Crippen LogP contribution in [-0.4, -0.2) is 7.11 Å². The Morgan fingerprint density at radius 3 is 2.44 bits per heavy atom. The third kappa shape index (κ3) is 5.23. The molecule has 0 aliphatic rings. The highest BCUT2D eigenvalue weighted by atomic mass is 35.5. The Balaban J connectivity index is 1.77. The fourth-order valence-electron chi connectivity index (χ4n) is 2.61. The van der Waals surface area contributed by atoms with Gasteiger partial charge in [-0.1, -0.05) is 59.1 Å². The van der Waals surface area contributed by atoms with Crippen LogP contribution in [-0.2, 0) is 13.2 Å². The van der Waals surface area contributed by atoms with Gasteiger partial charge >= 0.3 is 0 Å². The summed E-state index contributed by atoms with van der Waals surface area (Å²) in [5.41, 5.74) is 2.81. The van der Waals surface area contributed by atoms with Crippen molar-refractivity contribution >= 4 is 40.5 Å². The van der Waals surface area contributed by atoms with Gasteiger partial charge in [-0.25, -0.2) is 0 Å². The van der Waals surface area contributed by atoms with Crippen LogP contribution in [0.25, 0.3) is 0 Å². The van der Waals surface area contributed by atoms with Crippen molar-refractivity contribution in [2.75, 3.05) is 12.4 Å². The van der Waals surface area contributed by atoms with Crippen LogP contribution in [0.1, 0.15) is 11.1 Å². The number of halogens is 3. The quantitative estimate of drug-likeness (QED) is 0.452. The van der Waals surface area contributed by atoms with Gasteiger partial charge in [0.05, 0.1) is 17.2 Å². The summed E-state index contributed by atoms with van der Waals surface area (Å²) in [5, 5.41) is 5.03. The zero-order valence-electron chi connectivity index (χ0n) is 14.6. The molecule has 3 aromatic carbocycles. The minimum atomic E-state index is 0.390. The van der Waals surface area contributed by atoms with Crippen LogP contribution < -0.4 is 14.8 Å². The van der Waals surface area contributed by atoms with Crippen molar-refractivity contribution in [1.29, 1.82) is 0 Å². The first-order valence-electron chi connectivity index (χ1n) is 8.29. The zero-order chi connectivity index (χ0) is 19.2. The number of anilines is 1. The van der Waals surface area contributed by atoms with Crippen LogP contribution in [0.15, 0.2) is 60.7 Å². The molecule has 0 bridgehead atoms. The number of hydrogen-bond donors (Lipinski definition) is 1. The molecule has 0 aliphatic heterocycles. The van der Waals surface area contributed by atoms with Crippen LogP contribution in [0.2, 0.25) is 15.1 Å². The van der Waals surface area contributed by atoms with E-state index in [1.54, 1.807) is 19.2 Å². The zero-order valence-corrected chi connectivity index (χ0v) is 16.9. The van der Waals surface area contributed by atoms with Crippen LogP contribution in [0.4, 0.5) is 5.69 Å². The van der Waals surface area contributed by atoms with E-state index >= 15 is 0 Å². The summed E-state index contributed by atoms with van der Waals surface area (Å²) in [6.07, 6.45) is 0. The highest BCUT2D eigenvalue weighted by Gasteiger charge is 2.11. The van der Waals surface area contributed by atoms with Gasteiger partial charge in [-0.2, -0.15) is 0 Å². The normalized spacial score (nSPS) is 10.5. The monoisotopic (exact) mass is 421 g/mol. The molecule has 6 heteroatoms. The first kappa shape index (κ1) is 19.7. The maximum atomic E-state index is 6.08. The highest BCUT2D eigenvalue weighted by molar-refractivity contribution is 6.42. The number of para-hydroxylation sites is 1. The fraction of sp³-hybridized carbons (Fsp3) is 0.143. The average Bonchev–Trinajstić information content (AvgIpc) is 2.67. The van der Waals surface area contributed by atoms with Crippen molar-refractivity contribution in [1.82, 2.24) is 0 Å². The molecule has 0 unspecified atom stereocenters. The Hall–Kier alpha value is -2.07. The van der Waals surface area contributed by atoms with E-state index in [2.05, 4.69) is 5.32 Å². The molecule has 1 N–H and O–H groups in total. The van der Waals surface area contributed by atoms with Gasteiger partial charge in [-0.3, -0.25) is 0 Å². The van der Waals surface area contributed by atoms with Gasteiger partial charge < -0.3 is 14.8 Å². The second-order valence-corrected chi connectivity index (χ2v) is 7.10. The van der Waals surface area contributed by atoms with E-state index in [0.717, 1.165) is 16.8 Å². The molecule has 0 radical (unpaired) electrons. The van der Waals surface area contributed by atoms with E-state index in [-0.39, 0.29) is 0 Å². The van der Waals surface area contributed by atoms with E-state index in [0.29, 0.717) is 39.7 Å². The van der Waals surface area contributed by atoms with Crippen molar-refractivity contribution in [3.63, 3.8) is 0 Å². The smallest absolute Gasteiger partial charge is 0.166 e. The molecule has 0 saturated carbocycles. The molecule has 0 saturated heterocycles. The third-order valence-corrected chi connectivity index (χ3v) is 4.93. The van der Waals surface area contributed by atoms with Crippen LogP contribution >= 0.6 is 34.8 Å². The molecular formula is C21H18Cl3NO2. The van der Waals surface area contributed by atoms with E-state index < -0.39 is 0 Å². The lowest BCUT2D eigenvalue weighted by molar-refractivity contribution is 0.281. The topological polar surface area (TPSA) is 30.5 Å². The van der Waals surface area contributed by atoms with Crippen LogP contribution in [0, 0.1) is 0 Å². The van der Waals surface area contributed by atoms with E-state index in [4.69, 9.17) is 44.3 Å². The summed E-state index contributed by atoms with van der Waals surface area (Å²) in [6, 6.07) is 18.8. The van der Waals surface area contributed by atoms with Crippen LogP contribution in [0.5, 0.6) is 11.5 Å². The van der Waals surface area contributed by atoms with Crippen molar-refractivity contribution in [2.45, 2.75) is 13.2 Å². The molecule has 3 nitrogen and oxygen atoms in total. The van der Waals surface area contributed by atoms with E-state index in [9.17, 15) is 0 Å². The van der Waals surface area contributed by atoms with Crippen molar-refractivity contribution in [2.24, 2.45) is 0 Å². The van der Waals surface area contributed by atoms with Gasteiger partial charge in [0.2, 0.25) is 0 Å². The summed E-state index contributed by atoms with van der Waals surface area (Å²) in [6.45, 7) is 0.931. The third-order valence-electron chi connectivity index (χ3n) is 3.96. The van der Waals surface area contributed by atoms with Gasteiger partial charge in [-0.15, -0.1) is 0 Å². The number of hydrogen-bond acceptors (Lipinski definition) is 3. The Kier molecular flexibility index (Phi) is 6.73. The lowest BCUT2D eigenvalue weighted by atomic mass is 10.1. The summed E-state index contributed by atoms with van der Waals surface area (Å²) >= 11 is 18.1. The number of methoxy groups -OCH3 is 1. The average molecular weight is 423 g/mol. The molecule has 0 spiro atoms. The van der Waals surface area contributed by atoms with Gasteiger partial charge in [0.25, 0.3) is 0 Å². The number of nitrogens with one attached hydrogen (secondary N) is 1. The van der Waals surface area contributed by atoms with Crippen molar-refractivity contribution in [3.05, 3.63) is 86.9 Å². The number of ether oxygens (including phenoxy) is 2. The molecule has 0 aromatic heterocycles. The molecule has 0 atom stereocenters. The molecule has 140 valence electrons. The van der Waals surface area contributed by atoms with Crippen molar-refractivity contribution in [3.8, 4) is 11.5 Å². The van der Waals surface area contributed by atoms with E-state index in [1.807, 2.05) is 48.5 Å². The van der Waals surface area contributed by atoms with Gasteiger partial charge in [-0.05, 0) is 42.0 Å². The molecule has 0 heterocycles. The van der Waals surface area contributed by atoms with Gasteiger partial charge in [0, 0.05) is 22.8 Å². The standard InChI is InChI=1S/C21H18Cl3NO2/c1-26-20-7-3-5-15(12-25-17-8-9-18(23)19(24)11-17)21(20)27-13-14-4-2-6-16(22)10-14/h2-11,25H,12-13H2,1H3. The minimum Gasteiger partial charge on any atom is -0.493 e. The molecule has 0 amide bonds. The second-order valence-electron chi connectivity index (χ2n) is 5.85. The first-order valence-corrected chi connectivity index (χ1v) is 9.42. The second kappa shape index (κ2) is 9.23. The summed E-state index contributed by atoms with van der Waals surface area (Å²) < 4.78 is 11.5. The number of rotatable bonds is 7. The summed E-state index contributed by atoms with van der Waals surface area (Å²) in [5.74, 6) is 1.36. The predicted molar refractivity (Wildman–Crippen MR) is 113 cm³/mol. The summed E-state index contributed by atoms with van der Waals surface area (Å²) in [7, 11) is 1.62. The highest BCUT2D eigenvalue weighted by Crippen LogP contribution is 2.33. The molecular weight excluding hydrogens is 405 g/mol. The molecule has 0 aliphatic carbocycles. The molecule has 27 heavy (non-hydrogen) atoms. The van der Waals surface area contributed by atoms with Gasteiger partial charge in [0.15, 0.2) is 11.5 Å². The predicted octanol–water partition coefficient (Wildman–Crippen LogP) is 6.85. The lowest BCUT2D eigenvalue weighted by Gasteiger charge is -2.16. The molecule has 3 aromatic rings. The molecule has 3 rings (SSSR count). The molecule has 0 fully saturated rings. The Labute approximate surface area is 173 Å². The van der Waals surface area contributed by atoms with Gasteiger partial charge in [0.1, 0.15) is 6.61 Å². The Bertz CT molecular complexity index is 931. The largest absolute Gasteiger partial charge is 0.493 e. The Morgan fingerprint density at radius 2 is 1.70 bits per heavy atom. The first-order chi connectivity index (χ1) is 13.1. The van der Waals surface area contributed by atoms with Crippen LogP contribution in [0.3, 0.4) is 0 Å². The maximum absolute atomic E-state index is 6.08. The lowest BCUT2D eigenvalue weighted by Crippen LogP contribution is -2.05. The maximum Gasteiger partial charge on any atom is 0.166 e. The Morgan fingerprint density at radius 1 is 0.889 bits per heavy atom. The number of benzene rings is 3. The minimum absolute atomic E-state index is 0.390. The summed E-state index contributed by atoms with van der Waals surface area (Å²) in [4.78, 5) is 0. The van der Waals surface area contributed by atoms with E-state index in [1.165, 1.54) is 0 Å².